The molecule has 1 aliphatic rings. The summed E-state index contributed by atoms with van der Waals surface area (Å²) >= 11 is 0. The van der Waals surface area contributed by atoms with Crippen LogP contribution in [-0.4, -0.2) is 0 Å². The van der Waals surface area contributed by atoms with Crippen molar-refractivity contribution in [2.45, 2.75) is 84.0 Å². The second kappa shape index (κ2) is 10.6. The Balaban J connectivity index is 1.49. The van der Waals surface area contributed by atoms with Crippen LogP contribution in [0, 0.1) is 5.92 Å². The zero-order chi connectivity index (χ0) is 18.0. The largest absolute Gasteiger partial charge is 0.0654 e. The number of hydrogen-bond acceptors (Lipinski definition) is 0. The van der Waals surface area contributed by atoms with Gasteiger partial charge in [-0.15, -0.1) is 0 Å². The average molecular weight is 349 g/mol. The predicted molar refractivity (Wildman–Crippen MR) is 115 cm³/mol. The second-order valence-corrected chi connectivity index (χ2v) is 8.25. The van der Waals surface area contributed by atoms with Gasteiger partial charge in [0.1, 0.15) is 0 Å². The maximum Gasteiger partial charge on any atom is -0.0184 e. The van der Waals surface area contributed by atoms with E-state index in [1.165, 1.54) is 99.3 Å². The van der Waals surface area contributed by atoms with Crippen molar-refractivity contribution in [2.24, 2.45) is 5.92 Å². The highest BCUT2D eigenvalue weighted by Crippen LogP contribution is 2.28. The molecule has 0 N–H and O–H groups in total. The van der Waals surface area contributed by atoms with Gasteiger partial charge in [-0.2, -0.15) is 0 Å². The Kier molecular flexibility index (Phi) is 7.80. The average Bonchev–Trinajstić information content (AvgIpc) is 2.71. The first kappa shape index (κ1) is 19.2. The van der Waals surface area contributed by atoms with Crippen LogP contribution in [0.2, 0.25) is 0 Å². The Bertz CT molecular complexity index is 614. The summed E-state index contributed by atoms with van der Waals surface area (Å²) in [7, 11) is 0. The van der Waals surface area contributed by atoms with E-state index in [2.05, 4.69) is 55.5 Å². The maximum atomic E-state index is 2.34. The molecule has 2 aromatic rings. The molecule has 26 heavy (non-hydrogen) atoms. The third-order valence-corrected chi connectivity index (χ3v) is 6.13. The van der Waals surface area contributed by atoms with Gasteiger partial charge in [0, 0.05) is 0 Å². The Morgan fingerprint density at radius 1 is 0.654 bits per heavy atom. The molecule has 0 radical (unpaired) electrons. The van der Waals surface area contributed by atoms with Crippen molar-refractivity contribution >= 4 is 0 Å². The number of unbranched alkanes of at least 4 members (excludes halogenated alkanes) is 3. The maximum absolute atomic E-state index is 2.34. The molecule has 0 nitrogen and oxygen atoms in total. The fourth-order valence-electron chi connectivity index (χ4n) is 4.33. The second-order valence-electron chi connectivity index (χ2n) is 8.25. The molecular formula is C26H36. The van der Waals surface area contributed by atoms with Gasteiger partial charge in [-0.1, -0.05) is 107 Å². The minimum Gasteiger partial charge on any atom is -0.0654 e. The van der Waals surface area contributed by atoms with E-state index in [1.807, 2.05) is 0 Å². The zero-order valence-corrected chi connectivity index (χ0v) is 16.7. The van der Waals surface area contributed by atoms with Crippen molar-refractivity contribution < 1.29 is 0 Å². The van der Waals surface area contributed by atoms with Crippen LogP contribution in [0.4, 0.5) is 0 Å². The molecule has 0 amide bonds. The van der Waals surface area contributed by atoms with E-state index in [0.717, 1.165) is 5.92 Å². The molecular weight excluding hydrogens is 312 g/mol. The SMILES string of the molecule is CCCCCCc1ccc(-c2ccc(CCC3CCCCC3)cc2)cc1. The third-order valence-electron chi connectivity index (χ3n) is 6.13. The minimum absolute atomic E-state index is 0.980. The van der Waals surface area contributed by atoms with E-state index in [-0.39, 0.29) is 0 Å². The van der Waals surface area contributed by atoms with Gasteiger partial charge < -0.3 is 0 Å². The number of benzene rings is 2. The van der Waals surface area contributed by atoms with Crippen LogP contribution in [0.1, 0.15) is 82.3 Å². The topological polar surface area (TPSA) is 0 Å². The third kappa shape index (κ3) is 6.01. The minimum atomic E-state index is 0.980. The molecule has 3 rings (SSSR count). The monoisotopic (exact) mass is 348 g/mol. The first-order chi connectivity index (χ1) is 12.8. The lowest BCUT2D eigenvalue weighted by Crippen LogP contribution is -2.07. The van der Waals surface area contributed by atoms with Gasteiger partial charge in [0.15, 0.2) is 0 Å². The Morgan fingerprint density at radius 3 is 1.81 bits per heavy atom. The zero-order valence-electron chi connectivity index (χ0n) is 16.7. The Morgan fingerprint density at radius 2 is 1.23 bits per heavy atom. The molecule has 0 heterocycles. The smallest absolute Gasteiger partial charge is 0.0184 e. The lowest BCUT2D eigenvalue weighted by Gasteiger charge is -2.21. The molecule has 0 unspecified atom stereocenters. The van der Waals surface area contributed by atoms with Crippen LogP contribution >= 0.6 is 0 Å². The van der Waals surface area contributed by atoms with Crippen molar-refractivity contribution in [3.63, 3.8) is 0 Å². The van der Waals surface area contributed by atoms with Crippen LogP contribution in [-0.2, 0) is 12.8 Å². The molecule has 0 aromatic heterocycles. The van der Waals surface area contributed by atoms with Crippen LogP contribution in [0.3, 0.4) is 0 Å². The Labute approximate surface area is 161 Å². The van der Waals surface area contributed by atoms with Gasteiger partial charge in [-0.3, -0.25) is 0 Å². The molecule has 1 aliphatic carbocycles. The van der Waals surface area contributed by atoms with Gasteiger partial charge in [0.25, 0.3) is 0 Å². The molecule has 0 heteroatoms. The molecule has 0 saturated heterocycles. The Hall–Kier alpha value is -1.56. The lowest BCUT2D eigenvalue weighted by atomic mass is 9.85. The molecule has 0 atom stereocenters. The number of hydrogen-bond donors (Lipinski definition) is 0. The van der Waals surface area contributed by atoms with Crippen molar-refractivity contribution in [1.29, 1.82) is 0 Å². The summed E-state index contributed by atoms with van der Waals surface area (Å²) in [6, 6.07) is 18.5. The molecule has 2 aromatic carbocycles. The van der Waals surface area contributed by atoms with Gasteiger partial charge in [0.2, 0.25) is 0 Å². The van der Waals surface area contributed by atoms with Crippen LogP contribution in [0.5, 0.6) is 0 Å². The highest BCUT2D eigenvalue weighted by molar-refractivity contribution is 5.63. The lowest BCUT2D eigenvalue weighted by molar-refractivity contribution is 0.339. The first-order valence-corrected chi connectivity index (χ1v) is 11.0. The highest BCUT2D eigenvalue weighted by atomic mass is 14.2. The van der Waals surface area contributed by atoms with Crippen LogP contribution in [0.25, 0.3) is 11.1 Å². The summed E-state index contributed by atoms with van der Waals surface area (Å²) in [6.45, 7) is 2.27. The van der Waals surface area contributed by atoms with E-state index in [4.69, 9.17) is 0 Å². The number of rotatable bonds is 9. The van der Waals surface area contributed by atoms with E-state index in [9.17, 15) is 0 Å². The summed E-state index contributed by atoms with van der Waals surface area (Å²) in [5.74, 6) is 0.980. The molecule has 1 saturated carbocycles. The normalized spacial score (nSPS) is 15.3. The van der Waals surface area contributed by atoms with Crippen LogP contribution < -0.4 is 0 Å². The van der Waals surface area contributed by atoms with Crippen molar-refractivity contribution in [2.75, 3.05) is 0 Å². The van der Waals surface area contributed by atoms with Gasteiger partial charge in [-0.25, -0.2) is 0 Å². The fraction of sp³-hybridized carbons (Fsp3) is 0.538. The summed E-state index contributed by atoms with van der Waals surface area (Å²) in [5, 5.41) is 0. The van der Waals surface area contributed by atoms with Gasteiger partial charge >= 0.3 is 0 Å². The van der Waals surface area contributed by atoms with Gasteiger partial charge in [-0.05, 0) is 53.9 Å². The first-order valence-electron chi connectivity index (χ1n) is 11.0. The summed E-state index contributed by atoms with van der Waals surface area (Å²) in [4.78, 5) is 0. The van der Waals surface area contributed by atoms with E-state index in [0.29, 0.717) is 0 Å². The standard InChI is InChI=1S/C26H36/c1-2-3-4-6-11-23-14-18-25(19-15-23)26-20-16-24(17-21-26)13-12-22-9-7-5-8-10-22/h14-22H,2-13H2,1H3. The number of aryl methyl sites for hydroxylation is 2. The summed E-state index contributed by atoms with van der Waals surface area (Å²) in [5.41, 5.74) is 5.69. The molecule has 0 aliphatic heterocycles. The summed E-state index contributed by atoms with van der Waals surface area (Å²) < 4.78 is 0. The van der Waals surface area contributed by atoms with E-state index in [1.54, 1.807) is 0 Å². The predicted octanol–water partition coefficient (Wildman–Crippen LogP) is 7.99. The van der Waals surface area contributed by atoms with E-state index >= 15 is 0 Å². The molecule has 1 fully saturated rings. The van der Waals surface area contributed by atoms with Crippen molar-refractivity contribution in [3.8, 4) is 11.1 Å². The van der Waals surface area contributed by atoms with Crippen LogP contribution in [0.15, 0.2) is 48.5 Å². The van der Waals surface area contributed by atoms with Crippen molar-refractivity contribution in [1.82, 2.24) is 0 Å². The molecule has 140 valence electrons. The van der Waals surface area contributed by atoms with Gasteiger partial charge in [0.05, 0.1) is 0 Å². The molecule has 0 spiro atoms. The van der Waals surface area contributed by atoms with Crippen molar-refractivity contribution in [3.05, 3.63) is 59.7 Å². The fourth-order valence-corrected chi connectivity index (χ4v) is 4.33. The summed E-state index contributed by atoms with van der Waals surface area (Å²) in [6.07, 6.45) is 16.5. The molecule has 0 bridgehead atoms. The quantitative estimate of drug-likeness (QED) is 0.403. The van der Waals surface area contributed by atoms with E-state index < -0.39 is 0 Å². The highest BCUT2D eigenvalue weighted by Gasteiger charge is 2.13.